The molecule has 1 unspecified atom stereocenters. The van der Waals surface area contributed by atoms with Gasteiger partial charge in [0.1, 0.15) is 17.6 Å². The summed E-state index contributed by atoms with van der Waals surface area (Å²) in [5.41, 5.74) is 0. The number of ether oxygens (including phenoxy) is 2. The van der Waals surface area contributed by atoms with Crippen molar-refractivity contribution in [2.45, 2.75) is 38.7 Å². The fourth-order valence-electron chi connectivity index (χ4n) is 1.84. The number of carbonyl (C=O) groups excluding carboxylic acids is 1. The Morgan fingerprint density at radius 3 is 2.32 bits per heavy atom. The molecular weight excluding hydrogens is 286 g/mol. The van der Waals surface area contributed by atoms with Gasteiger partial charge in [-0.25, -0.2) is 0 Å². The summed E-state index contributed by atoms with van der Waals surface area (Å²) >= 11 is 0. The monoisotopic (exact) mass is 309 g/mol. The Kier molecular flexibility index (Phi) is 7.81. The second-order valence-corrected chi connectivity index (χ2v) is 5.01. The molecule has 2 N–H and O–H groups in total. The maximum Gasteiger partial charge on any atom is 0.303 e. The van der Waals surface area contributed by atoms with Gasteiger partial charge in [0.05, 0.1) is 13.7 Å². The topological polar surface area (TPSA) is 84.9 Å². The van der Waals surface area contributed by atoms with Crippen LogP contribution < -0.4 is 14.8 Å². The summed E-state index contributed by atoms with van der Waals surface area (Å²) in [5, 5.41) is 11.3. The quantitative estimate of drug-likeness (QED) is 0.647. The van der Waals surface area contributed by atoms with E-state index in [4.69, 9.17) is 14.6 Å². The molecule has 0 heterocycles. The highest BCUT2D eigenvalue weighted by Crippen LogP contribution is 2.17. The molecule has 1 atom stereocenters. The molecule has 6 nitrogen and oxygen atoms in total. The van der Waals surface area contributed by atoms with Crippen LogP contribution in [0, 0.1) is 0 Å². The number of aliphatic carboxylic acids is 1. The number of carbonyl (C=O) groups is 2. The standard InChI is InChI=1S/C16H23NO5/c1-12(22-14-9-7-13(21-2)8-10-14)11-17-15(18)5-3-4-6-16(19)20/h7-10,12H,3-6,11H2,1-2H3,(H,17,18)(H,19,20). The van der Waals surface area contributed by atoms with Crippen molar-refractivity contribution in [2.24, 2.45) is 0 Å². The van der Waals surface area contributed by atoms with Crippen LogP contribution in [0.5, 0.6) is 11.5 Å². The third-order valence-electron chi connectivity index (χ3n) is 3.03. The molecule has 1 aromatic carbocycles. The van der Waals surface area contributed by atoms with E-state index in [1.807, 2.05) is 31.2 Å². The summed E-state index contributed by atoms with van der Waals surface area (Å²) < 4.78 is 10.7. The Morgan fingerprint density at radius 2 is 1.73 bits per heavy atom. The molecule has 1 amide bonds. The summed E-state index contributed by atoms with van der Waals surface area (Å²) in [4.78, 5) is 21.9. The summed E-state index contributed by atoms with van der Waals surface area (Å²) in [6.07, 6.45) is 1.37. The lowest BCUT2D eigenvalue weighted by atomic mass is 10.2. The van der Waals surface area contributed by atoms with Gasteiger partial charge in [-0.15, -0.1) is 0 Å². The number of unbranched alkanes of at least 4 members (excludes halogenated alkanes) is 1. The van der Waals surface area contributed by atoms with Crippen molar-refractivity contribution in [2.75, 3.05) is 13.7 Å². The second-order valence-electron chi connectivity index (χ2n) is 5.01. The maximum atomic E-state index is 11.6. The largest absolute Gasteiger partial charge is 0.497 e. The number of benzene rings is 1. The number of methoxy groups -OCH3 is 1. The molecule has 6 heteroatoms. The number of carboxylic acids is 1. The van der Waals surface area contributed by atoms with Crippen LogP contribution in [0.15, 0.2) is 24.3 Å². The number of carboxylic acid groups (broad SMARTS) is 1. The zero-order chi connectivity index (χ0) is 16.4. The Morgan fingerprint density at radius 1 is 1.14 bits per heavy atom. The van der Waals surface area contributed by atoms with E-state index in [1.165, 1.54) is 0 Å². The van der Waals surface area contributed by atoms with E-state index in [-0.39, 0.29) is 18.4 Å². The lowest BCUT2D eigenvalue weighted by Gasteiger charge is -2.15. The Hall–Kier alpha value is -2.24. The van der Waals surface area contributed by atoms with Gasteiger partial charge >= 0.3 is 5.97 Å². The first kappa shape index (κ1) is 17.8. The van der Waals surface area contributed by atoms with Gasteiger partial charge in [0.15, 0.2) is 0 Å². The zero-order valence-electron chi connectivity index (χ0n) is 13.0. The van der Waals surface area contributed by atoms with Crippen LogP contribution >= 0.6 is 0 Å². The predicted molar refractivity (Wildman–Crippen MR) is 82.2 cm³/mol. The molecule has 0 aromatic heterocycles. The van der Waals surface area contributed by atoms with Crippen LogP contribution in [0.3, 0.4) is 0 Å². The molecule has 0 saturated carbocycles. The molecule has 0 aliphatic heterocycles. The Bertz CT molecular complexity index is 472. The van der Waals surface area contributed by atoms with Crippen molar-refractivity contribution in [1.29, 1.82) is 0 Å². The first-order valence-electron chi connectivity index (χ1n) is 7.30. The number of nitrogens with one attached hydrogen (secondary N) is 1. The van der Waals surface area contributed by atoms with Crippen LogP contribution in [0.25, 0.3) is 0 Å². The lowest BCUT2D eigenvalue weighted by molar-refractivity contribution is -0.137. The lowest BCUT2D eigenvalue weighted by Crippen LogP contribution is -2.33. The highest BCUT2D eigenvalue weighted by molar-refractivity contribution is 5.75. The summed E-state index contributed by atoms with van der Waals surface area (Å²) in [6, 6.07) is 7.23. The molecule has 1 rings (SSSR count). The number of rotatable bonds is 10. The van der Waals surface area contributed by atoms with Crippen LogP contribution in [-0.4, -0.2) is 36.7 Å². The minimum atomic E-state index is -0.832. The zero-order valence-corrected chi connectivity index (χ0v) is 13.0. The van der Waals surface area contributed by atoms with E-state index in [9.17, 15) is 9.59 Å². The predicted octanol–water partition coefficient (Wildman–Crippen LogP) is 2.22. The van der Waals surface area contributed by atoms with Crippen molar-refractivity contribution < 1.29 is 24.2 Å². The van der Waals surface area contributed by atoms with Gasteiger partial charge in [-0.1, -0.05) is 0 Å². The van der Waals surface area contributed by atoms with Gasteiger partial charge in [-0.05, 0) is 44.0 Å². The highest BCUT2D eigenvalue weighted by atomic mass is 16.5. The van der Waals surface area contributed by atoms with Crippen molar-refractivity contribution in [3.63, 3.8) is 0 Å². The Labute approximate surface area is 130 Å². The summed E-state index contributed by atoms with van der Waals surface area (Å²) in [5.74, 6) is 0.552. The molecule has 0 fully saturated rings. The van der Waals surface area contributed by atoms with Crippen LogP contribution in [-0.2, 0) is 9.59 Å². The van der Waals surface area contributed by atoms with E-state index in [0.717, 1.165) is 5.75 Å². The van der Waals surface area contributed by atoms with Gasteiger partial charge in [0.2, 0.25) is 5.91 Å². The van der Waals surface area contributed by atoms with E-state index in [0.29, 0.717) is 31.6 Å². The molecule has 0 radical (unpaired) electrons. The van der Waals surface area contributed by atoms with Crippen molar-refractivity contribution >= 4 is 11.9 Å². The minimum Gasteiger partial charge on any atom is -0.497 e. The van der Waals surface area contributed by atoms with E-state index in [2.05, 4.69) is 5.32 Å². The van der Waals surface area contributed by atoms with Crippen molar-refractivity contribution in [3.8, 4) is 11.5 Å². The van der Waals surface area contributed by atoms with Crippen molar-refractivity contribution in [1.82, 2.24) is 5.32 Å². The SMILES string of the molecule is COc1ccc(OC(C)CNC(=O)CCCCC(=O)O)cc1. The van der Waals surface area contributed by atoms with Crippen LogP contribution in [0.2, 0.25) is 0 Å². The Balaban J connectivity index is 2.20. The number of amides is 1. The van der Waals surface area contributed by atoms with E-state index >= 15 is 0 Å². The van der Waals surface area contributed by atoms with Gasteiger partial charge in [-0.3, -0.25) is 9.59 Å². The summed E-state index contributed by atoms with van der Waals surface area (Å²) in [7, 11) is 1.60. The molecule has 0 spiro atoms. The average molecular weight is 309 g/mol. The molecule has 22 heavy (non-hydrogen) atoms. The molecule has 122 valence electrons. The third-order valence-corrected chi connectivity index (χ3v) is 3.03. The maximum absolute atomic E-state index is 11.6. The van der Waals surface area contributed by atoms with Gasteiger partial charge in [-0.2, -0.15) is 0 Å². The van der Waals surface area contributed by atoms with E-state index < -0.39 is 5.97 Å². The molecule has 0 bridgehead atoms. The first-order valence-corrected chi connectivity index (χ1v) is 7.30. The van der Waals surface area contributed by atoms with Crippen LogP contribution in [0.1, 0.15) is 32.6 Å². The van der Waals surface area contributed by atoms with Crippen LogP contribution in [0.4, 0.5) is 0 Å². The molecule has 0 saturated heterocycles. The highest BCUT2D eigenvalue weighted by Gasteiger charge is 2.07. The van der Waals surface area contributed by atoms with Gasteiger partial charge < -0.3 is 19.9 Å². The first-order chi connectivity index (χ1) is 10.5. The minimum absolute atomic E-state index is 0.0874. The molecule has 0 aliphatic rings. The third kappa shape index (κ3) is 7.52. The van der Waals surface area contributed by atoms with Crippen molar-refractivity contribution in [3.05, 3.63) is 24.3 Å². The smallest absolute Gasteiger partial charge is 0.303 e. The normalized spacial score (nSPS) is 11.5. The molecule has 1 aromatic rings. The van der Waals surface area contributed by atoms with Gasteiger partial charge in [0.25, 0.3) is 0 Å². The molecule has 0 aliphatic carbocycles. The second kappa shape index (κ2) is 9.65. The van der Waals surface area contributed by atoms with Gasteiger partial charge in [0, 0.05) is 12.8 Å². The number of hydrogen-bond acceptors (Lipinski definition) is 4. The molecular formula is C16H23NO5. The summed E-state index contributed by atoms with van der Waals surface area (Å²) in [6.45, 7) is 2.28. The average Bonchev–Trinajstić information content (AvgIpc) is 2.50. The fourth-order valence-corrected chi connectivity index (χ4v) is 1.84. The fraction of sp³-hybridized carbons (Fsp3) is 0.500. The van der Waals surface area contributed by atoms with E-state index in [1.54, 1.807) is 7.11 Å². The number of hydrogen-bond donors (Lipinski definition) is 2.